The van der Waals surface area contributed by atoms with E-state index in [0.29, 0.717) is 0 Å². The van der Waals surface area contributed by atoms with Crippen LogP contribution in [0.4, 0.5) is 17.1 Å². The lowest BCUT2D eigenvalue weighted by Crippen LogP contribution is -2.11. The van der Waals surface area contributed by atoms with Gasteiger partial charge in [0.05, 0.1) is 11.0 Å². The van der Waals surface area contributed by atoms with Gasteiger partial charge in [-0.2, -0.15) is 0 Å². The zero-order valence-electron chi connectivity index (χ0n) is 37.5. The van der Waals surface area contributed by atoms with Crippen LogP contribution in [0.1, 0.15) is 0 Å². The molecule has 0 unspecified atom stereocenters. The normalized spacial score (nSPS) is 11.2. The van der Waals surface area contributed by atoms with Crippen molar-refractivity contribution >= 4 is 38.9 Å². The molecule has 0 amide bonds. The Kier molecular flexibility index (Phi) is 10.6. The predicted octanol–water partition coefficient (Wildman–Crippen LogP) is 18.3. The SMILES string of the molecule is c1ccc(-c2ccc(N(c3ccc(-c4ccccc4-c4ccccc4)c(-c4ccccc4-c4ccccc4)c3)c3ccc4c5ccccc5n(-c5ccccc5)c4c3)cc2-c2ccccc2)cc1. The fourth-order valence-electron chi connectivity index (χ4n) is 10.1. The molecule has 0 spiro atoms. The van der Waals surface area contributed by atoms with Crippen LogP contribution in [0.15, 0.2) is 279 Å². The predicted molar refractivity (Wildman–Crippen MR) is 288 cm³/mol. The van der Waals surface area contributed by atoms with Gasteiger partial charge in [-0.05, 0) is 121 Å². The molecule has 12 aromatic rings. The van der Waals surface area contributed by atoms with E-state index in [-0.39, 0.29) is 0 Å². The maximum atomic E-state index is 2.45. The monoisotopic (exact) mass is 866 g/mol. The van der Waals surface area contributed by atoms with Gasteiger partial charge < -0.3 is 9.47 Å². The van der Waals surface area contributed by atoms with Gasteiger partial charge in [0.25, 0.3) is 0 Å². The molecular weight excluding hydrogens is 821 g/mol. The highest BCUT2D eigenvalue weighted by Crippen LogP contribution is 2.47. The largest absolute Gasteiger partial charge is 0.310 e. The van der Waals surface area contributed by atoms with E-state index >= 15 is 0 Å². The van der Waals surface area contributed by atoms with E-state index in [4.69, 9.17) is 0 Å². The highest BCUT2D eigenvalue weighted by molar-refractivity contribution is 6.10. The fourth-order valence-corrected chi connectivity index (χ4v) is 10.1. The highest BCUT2D eigenvalue weighted by Gasteiger charge is 2.23. The van der Waals surface area contributed by atoms with Gasteiger partial charge in [0, 0.05) is 33.5 Å². The Bertz CT molecular complexity index is 3710. The van der Waals surface area contributed by atoms with Crippen LogP contribution in [0.5, 0.6) is 0 Å². The van der Waals surface area contributed by atoms with Crippen molar-refractivity contribution < 1.29 is 0 Å². The third-order valence-corrected chi connectivity index (χ3v) is 13.2. The molecule has 0 aliphatic heterocycles. The molecule has 0 aliphatic rings. The Balaban J connectivity index is 1.15. The lowest BCUT2D eigenvalue weighted by atomic mass is 9.86. The lowest BCUT2D eigenvalue weighted by molar-refractivity contribution is 1.18. The van der Waals surface area contributed by atoms with Crippen LogP contribution >= 0.6 is 0 Å². The van der Waals surface area contributed by atoms with E-state index < -0.39 is 0 Å². The molecule has 320 valence electrons. The van der Waals surface area contributed by atoms with Crippen LogP contribution in [0, 0.1) is 0 Å². The maximum Gasteiger partial charge on any atom is 0.0561 e. The summed E-state index contributed by atoms with van der Waals surface area (Å²) < 4.78 is 2.41. The topological polar surface area (TPSA) is 8.17 Å². The molecule has 12 rings (SSSR count). The number of aromatic nitrogens is 1. The Hall–Kier alpha value is -8.98. The molecule has 2 heteroatoms. The number of rotatable bonds is 10. The summed E-state index contributed by atoms with van der Waals surface area (Å²) in [6.07, 6.45) is 0. The standard InChI is InChI=1S/C66H46N2/c1-6-22-47(23-7-1)55-32-16-18-34-58(55)60-42-39-53(45-64(60)59-35-19-17-33-56(59)48-24-8-2-9-25-48)67(52-38-41-57(49-26-10-3-11-27-49)63(44-52)50-28-12-4-13-29-50)54-40-43-62-61-36-20-21-37-65(61)68(66(62)46-54)51-30-14-5-15-31-51/h1-46H. The van der Waals surface area contributed by atoms with Crippen molar-refractivity contribution in [1.82, 2.24) is 4.57 Å². The smallest absolute Gasteiger partial charge is 0.0561 e. The molecule has 0 aliphatic carbocycles. The van der Waals surface area contributed by atoms with Gasteiger partial charge in [0.15, 0.2) is 0 Å². The van der Waals surface area contributed by atoms with E-state index in [9.17, 15) is 0 Å². The molecule has 0 N–H and O–H groups in total. The van der Waals surface area contributed by atoms with Crippen LogP contribution < -0.4 is 4.90 Å². The van der Waals surface area contributed by atoms with Gasteiger partial charge in [-0.15, -0.1) is 0 Å². The van der Waals surface area contributed by atoms with Crippen LogP contribution in [-0.2, 0) is 0 Å². The molecule has 0 saturated carbocycles. The third kappa shape index (κ3) is 7.45. The summed E-state index contributed by atoms with van der Waals surface area (Å²) in [5.74, 6) is 0. The van der Waals surface area contributed by atoms with Gasteiger partial charge in [0.2, 0.25) is 0 Å². The molecule has 0 atom stereocenters. The number of anilines is 3. The molecule has 2 nitrogen and oxygen atoms in total. The molecule has 0 radical (unpaired) electrons. The minimum atomic E-state index is 1.05. The second kappa shape index (κ2) is 17.8. The van der Waals surface area contributed by atoms with Gasteiger partial charge in [-0.1, -0.05) is 224 Å². The van der Waals surface area contributed by atoms with Crippen molar-refractivity contribution in [1.29, 1.82) is 0 Å². The minimum absolute atomic E-state index is 1.05. The zero-order valence-corrected chi connectivity index (χ0v) is 37.5. The maximum absolute atomic E-state index is 2.45. The number of nitrogens with zero attached hydrogens (tertiary/aromatic N) is 2. The minimum Gasteiger partial charge on any atom is -0.310 e. The van der Waals surface area contributed by atoms with Crippen molar-refractivity contribution in [2.45, 2.75) is 0 Å². The summed E-state index contributed by atoms with van der Waals surface area (Å²) in [4.78, 5) is 2.45. The van der Waals surface area contributed by atoms with Crippen LogP contribution in [0.2, 0.25) is 0 Å². The average molecular weight is 867 g/mol. The summed E-state index contributed by atoms with van der Waals surface area (Å²) in [7, 11) is 0. The summed E-state index contributed by atoms with van der Waals surface area (Å²) in [5.41, 5.74) is 20.7. The number of hydrogen-bond donors (Lipinski definition) is 0. The van der Waals surface area contributed by atoms with E-state index in [1.54, 1.807) is 0 Å². The van der Waals surface area contributed by atoms with Gasteiger partial charge >= 0.3 is 0 Å². The van der Waals surface area contributed by atoms with Crippen molar-refractivity contribution in [2.75, 3.05) is 4.90 Å². The molecule has 1 heterocycles. The first-order valence-corrected chi connectivity index (χ1v) is 23.3. The van der Waals surface area contributed by atoms with Gasteiger partial charge in [0.1, 0.15) is 0 Å². The van der Waals surface area contributed by atoms with E-state index in [2.05, 4.69) is 289 Å². The second-order valence-electron chi connectivity index (χ2n) is 17.2. The summed E-state index contributed by atoms with van der Waals surface area (Å²) in [6, 6.07) is 101. The first-order valence-electron chi connectivity index (χ1n) is 23.3. The Morgan fingerprint density at radius 1 is 0.221 bits per heavy atom. The fraction of sp³-hybridized carbons (Fsp3) is 0. The quantitative estimate of drug-likeness (QED) is 0.133. The first-order chi connectivity index (χ1) is 33.8. The van der Waals surface area contributed by atoms with Crippen LogP contribution in [0.3, 0.4) is 0 Å². The molecule has 0 saturated heterocycles. The zero-order chi connectivity index (χ0) is 45.2. The second-order valence-corrected chi connectivity index (χ2v) is 17.2. The summed E-state index contributed by atoms with van der Waals surface area (Å²) in [5, 5.41) is 2.44. The number of fused-ring (bicyclic) bond motifs is 3. The van der Waals surface area contributed by atoms with E-state index in [1.807, 2.05) is 0 Å². The first kappa shape index (κ1) is 40.5. The lowest BCUT2D eigenvalue weighted by Gasteiger charge is -2.28. The number of hydrogen-bond acceptors (Lipinski definition) is 1. The van der Waals surface area contributed by atoms with Gasteiger partial charge in [-0.25, -0.2) is 0 Å². The third-order valence-electron chi connectivity index (χ3n) is 13.2. The number of para-hydroxylation sites is 2. The van der Waals surface area contributed by atoms with Crippen LogP contribution in [0.25, 0.3) is 94.3 Å². The highest BCUT2D eigenvalue weighted by atomic mass is 15.1. The molecule has 0 bridgehead atoms. The van der Waals surface area contributed by atoms with Crippen molar-refractivity contribution in [3.63, 3.8) is 0 Å². The van der Waals surface area contributed by atoms with Crippen molar-refractivity contribution in [2.24, 2.45) is 0 Å². The van der Waals surface area contributed by atoms with Gasteiger partial charge in [-0.3, -0.25) is 0 Å². The molecule has 1 aromatic heterocycles. The van der Waals surface area contributed by atoms with Crippen molar-refractivity contribution in [3.8, 4) is 72.4 Å². The molecular formula is C66H46N2. The van der Waals surface area contributed by atoms with E-state index in [0.717, 1.165) is 39.4 Å². The Morgan fingerprint density at radius 2 is 0.574 bits per heavy atom. The Morgan fingerprint density at radius 3 is 1.13 bits per heavy atom. The van der Waals surface area contributed by atoms with E-state index in [1.165, 1.54) is 71.9 Å². The summed E-state index contributed by atoms with van der Waals surface area (Å²) >= 11 is 0. The summed E-state index contributed by atoms with van der Waals surface area (Å²) in [6.45, 7) is 0. The molecule has 11 aromatic carbocycles. The van der Waals surface area contributed by atoms with Crippen LogP contribution in [-0.4, -0.2) is 4.57 Å². The average Bonchev–Trinajstić information content (AvgIpc) is 3.76. The Labute approximate surface area is 397 Å². The molecule has 68 heavy (non-hydrogen) atoms. The van der Waals surface area contributed by atoms with Crippen molar-refractivity contribution in [3.05, 3.63) is 279 Å². The number of benzene rings is 11. The molecule has 0 fully saturated rings.